The van der Waals surface area contributed by atoms with Crippen LogP contribution in [0.5, 0.6) is 11.5 Å². The second-order valence-electron chi connectivity index (χ2n) is 5.08. The number of halogens is 1. The quantitative estimate of drug-likeness (QED) is 0.631. The van der Waals surface area contributed by atoms with E-state index in [1.807, 2.05) is 18.2 Å². The average molecular weight is 331 g/mol. The van der Waals surface area contributed by atoms with E-state index in [-0.39, 0.29) is 5.82 Å². The molecule has 0 unspecified atom stereocenters. The first-order valence-corrected chi connectivity index (χ1v) is 7.56. The lowest BCUT2D eigenvalue weighted by Gasteiger charge is -2.14. The number of rotatable bonds is 6. The zero-order valence-corrected chi connectivity index (χ0v) is 14.1. The van der Waals surface area contributed by atoms with Gasteiger partial charge in [-0.25, -0.2) is 4.39 Å². The van der Waals surface area contributed by atoms with Crippen molar-refractivity contribution < 1.29 is 13.9 Å². The molecule has 0 saturated heterocycles. The summed E-state index contributed by atoms with van der Waals surface area (Å²) in [6, 6.07) is 12.0. The number of hydrogen-bond acceptors (Lipinski definition) is 3. The summed E-state index contributed by atoms with van der Waals surface area (Å²) in [5.74, 6) is 1.90. The monoisotopic (exact) mass is 331 g/mol. The van der Waals surface area contributed by atoms with Crippen molar-refractivity contribution in [1.82, 2.24) is 10.6 Å². The molecule has 0 amide bonds. The van der Waals surface area contributed by atoms with Gasteiger partial charge in [-0.1, -0.05) is 12.1 Å². The van der Waals surface area contributed by atoms with Gasteiger partial charge in [0, 0.05) is 31.8 Å². The maximum atomic E-state index is 12.9. The summed E-state index contributed by atoms with van der Waals surface area (Å²) in [6.45, 7) is 1.11. The normalized spacial score (nSPS) is 11.1. The van der Waals surface area contributed by atoms with Crippen molar-refractivity contribution in [2.45, 2.75) is 13.1 Å². The van der Waals surface area contributed by atoms with Crippen LogP contribution in [0.15, 0.2) is 47.5 Å². The van der Waals surface area contributed by atoms with Gasteiger partial charge in [0.2, 0.25) is 0 Å². The maximum Gasteiger partial charge on any atom is 0.191 e. The summed E-state index contributed by atoms with van der Waals surface area (Å²) in [4.78, 5) is 4.18. The minimum absolute atomic E-state index is 0.243. The first-order chi connectivity index (χ1) is 11.7. The van der Waals surface area contributed by atoms with Gasteiger partial charge in [-0.3, -0.25) is 4.99 Å². The molecular formula is C18H22FN3O2. The van der Waals surface area contributed by atoms with E-state index in [4.69, 9.17) is 9.47 Å². The van der Waals surface area contributed by atoms with Gasteiger partial charge in [-0.05, 0) is 29.8 Å². The summed E-state index contributed by atoms with van der Waals surface area (Å²) >= 11 is 0. The number of hydrogen-bond donors (Lipinski definition) is 2. The molecule has 0 spiro atoms. The van der Waals surface area contributed by atoms with E-state index in [0.29, 0.717) is 19.0 Å². The summed E-state index contributed by atoms with van der Waals surface area (Å²) in [7, 11) is 4.94. The molecule has 0 aliphatic heterocycles. The van der Waals surface area contributed by atoms with Gasteiger partial charge in [-0.15, -0.1) is 0 Å². The predicted molar refractivity (Wildman–Crippen MR) is 93.0 cm³/mol. The van der Waals surface area contributed by atoms with Crippen LogP contribution >= 0.6 is 0 Å². The average Bonchev–Trinajstić information content (AvgIpc) is 2.63. The summed E-state index contributed by atoms with van der Waals surface area (Å²) in [5, 5.41) is 6.41. The number of benzene rings is 2. The van der Waals surface area contributed by atoms with Gasteiger partial charge in [0.05, 0.1) is 14.2 Å². The van der Waals surface area contributed by atoms with Crippen LogP contribution in [0.2, 0.25) is 0 Å². The van der Waals surface area contributed by atoms with Crippen LogP contribution < -0.4 is 20.1 Å². The number of aliphatic imine (C=N–C) groups is 1. The molecule has 0 aromatic heterocycles. The van der Waals surface area contributed by atoms with Crippen LogP contribution in [0.4, 0.5) is 4.39 Å². The molecule has 2 N–H and O–H groups in total. The van der Waals surface area contributed by atoms with Gasteiger partial charge < -0.3 is 20.1 Å². The Morgan fingerprint density at radius 3 is 2.33 bits per heavy atom. The molecule has 5 nitrogen and oxygen atoms in total. The van der Waals surface area contributed by atoms with Gasteiger partial charge in [0.1, 0.15) is 17.3 Å². The Kier molecular flexibility index (Phi) is 6.42. The van der Waals surface area contributed by atoms with Crippen LogP contribution in [0.25, 0.3) is 0 Å². The van der Waals surface area contributed by atoms with E-state index in [2.05, 4.69) is 15.6 Å². The highest BCUT2D eigenvalue weighted by atomic mass is 19.1. The smallest absolute Gasteiger partial charge is 0.191 e. The zero-order valence-electron chi connectivity index (χ0n) is 14.1. The molecule has 0 atom stereocenters. The van der Waals surface area contributed by atoms with Crippen LogP contribution in [-0.2, 0) is 13.1 Å². The Morgan fingerprint density at radius 2 is 1.71 bits per heavy atom. The highest BCUT2D eigenvalue weighted by Crippen LogP contribution is 2.24. The third-order valence-electron chi connectivity index (χ3n) is 3.54. The number of nitrogens with zero attached hydrogens (tertiary/aromatic N) is 1. The van der Waals surface area contributed by atoms with E-state index in [1.54, 1.807) is 33.4 Å². The van der Waals surface area contributed by atoms with E-state index >= 15 is 0 Å². The first-order valence-electron chi connectivity index (χ1n) is 7.56. The predicted octanol–water partition coefficient (Wildman–Crippen LogP) is 2.71. The molecule has 24 heavy (non-hydrogen) atoms. The zero-order chi connectivity index (χ0) is 17.4. The largest absolute Gasteiger partial charge is 0.497 e. The molecule has 0 heterocycles. The third kappa shape index (κ3) is 4.87. The molecule has 2 rings (SSSR count). The number of guanidine groups is 1. The Morgan fingerprint density at radius 1 is 1.00 bits per heavy atom. The molecule has 6 heteroatoms. The Hall–Kier alpha value is -2.76. The van der Waals surface area contributed by atoms with Gasteiger partial charge in [0.15, 0.2) is 5.96 Å². The minimum Gasteiger partial charge on any atom is -0.497 e. The molecule has 0 saturated carbocycles. The fourth-order valence-electron chi connectivity index (χ4n) is 2.19. The SMILES string of the molecule is CN=C(NCc1ccc(F)cc1)NCc1ccc(OC)cc1OC. The van der Waals surface area contributed by atoms with Crippen molar-refractivity contribution in [3.05, 3.63) is 59.4 Å². The molecule has 0 aliphatic carbocycles. The van der Waals surface area contributed by atoms with Crippen LogP contribution in [-0.4, -0.2) is 27.2 Å². The van der Waals surface area contributed by atoms with Crippen molar-refractivity contribution in [3.8, 4) is 11.5 Å². The van der Waals surface area contributed by atoms with Crippen molar-refractivity contribution >= 4 is 5.96 Å². The number of nitrogens with one attached hydrogen (secondary N) is 2. The van der Waals surface area contributed by atoms with Crippen molar-refractivity contribution in [2.24, 2.45) is 4.99 Å². The maximum absolute atomic E-state index is 12.9. The lowest BCUT2D eigenvalue weighted by atomic mass is 10.2. The van der Waals surface area contributed by atoms with E-state index in [9.17, 15) is 4.39 Å². The fourth-order valence-corrected chi connectivity index (χ4v) is 2.19. The van der Waals surface area contributed by atoms with Crippen molar-refractivity contribution in [2.75, 3.05) is 21.3 Å². The summed E-state index contributed by atoms with van der Waals surface area (Å²) < 4.78 is 23.5. The lowest BCUT2D eigenvalue weighted by Crippen LogP contribution is -2.36. The third-order valence-corrected chi connectivity index (χ3v) is 3.54. The Balaban J connectivity index is 1.93. The molecular weight excluding hydrogens is 309 g/mol. The van der Waals surface area contributed by atoms with Crippen LogP contribution in [0.3, 0.4) is 0 Å². The van der Waals surface area contributed by atoms with Gasteiger partial charge >= 0.3 is 0 Å². The minimum atomic E-state index is -0.243. The molecule has 128 valence electrons. The Bertz CT molecular complexity index is 687. The van der Waals surface area contributed by atoms with Crippen LogP contribution in [0.1, 0.15) is 11.1 Å². The van der Waals surface area contributed by atoms with E-state index in [1.165, 1.54) is 12.1 Å². The molecule has 0 bridgehead atoms. The lowest BCUT2D eigenvalue weighted by molar-refractivity contribution is 0.390. The van der Waals surface area contributed by atoms with Gasteiger partial charge in [0.25, 0.3) is 0 Å². The van der Waals surface area contributed by atoms with Crippen LogP contribution in [0, 0.1) is 5.82 Å². The van der Waals surface area contributed by atoms with Crippen molar-refractivity contribution in [3.63, 3.8) is 0 Å². The fraction of sp³-hybridized carbons (Fsp3) is 0.278. The number of ether oxygens (including phenoxy) is 2. The van der Waals surface area contributed by atoms with E-state index in [0.717, 1.165) is 22.6 Å². The molecule has 0 fully saturated rings. The highest BCUT2D eigenvalue weighted by Gasteiger charge is 2.06. The molecule has 2 aromatic rings. The standard InChI is InChI=1S/C18H22FN3O2/c1-20-18(21-11-13-4-7-15(19)8-5-13)22-12-14-6-9-16(23-2)10-17(14)24-3/h4-10H,11-12H2,1-3H3,(H2,20,21,22). The second kappa shape index (κ2) is 8.76. The number of methoxy groups -OCH3 is 2. The molecule has 0 radical (unpaired) electrons. The summed E-state index contributed by atoms with van der Waals surface area (Å²) in [6.07, 6.45) is 0. The first kappa shape index (κ1) is 17.6. The second-order valence-corrected chi connectivity index (χ2v) is 5.08. The van der Waals surface area contributed by atoms with E-state index < -0.39 is 0 Å². The van der Waals surface area contributed by atoms with Crippen molar-refractivity contribution in [1.29, 1.82) is 0 Å². The summed E-state index contributed by atoms with van der Waals surface area (Å²) in [5.41, 5.74) is 1.96. The molecule has 2 aromatic carbocycles. The topological polar surface area (TPSA) is 54.9 Å². The van der Waals surface area contributed by atoms with Gasteiger partial charge in [-0.2, -0.15) is 0 Å². The molecule has 0 aliphatic rings. The highest BCUT2D eigenvalue weighted by molar-refractivity contribution is 5.79. The Labute approximate surface area is 141 Å².